The largest absolute Gasteiger partial charge is 0.330 e. The van der Waals surface area contributed by atoms with Gasteiger partial charge in [0.2, 0.25) is 0 Å². The monoisotopic (exact) mass is 238 g/mol. The van der Waals surface area contributed by atoms with Crippen LogP contribution in [-0.4, -0.2) is 25.4 Å². The first-order valence-electron chi connectivity index (χ1n) is 5.99. The summed E-state index contributed by atoms with van der Waals surface area (Å²) >= 11 is 1.89. The number of benzene rings is 1. The van der Waals surface area contributed by atoms with Crippen molar-refractivity contribution < 1.29 is 0 Å². The minimum Gasteiger partial charge on any atom is -0.330 e. The molecule has 0 fully saturated rings. The molecule has 0 saturated heterocycles. The molecule has 0 saturated carbocycles. The van der Waals surface area contributed by atoms with E-state index in [1.807, 2.05) is 11.8 Å². The van der Waals surface area contributed by atoms with Crippen LogP contribution in [0.4, 0.5) is 0 Å². The summed E-state index contributed by atoms with van der Waals surface area (Å²) in [4.78, 5) is 1.36. The molecule has 1 aromatic carbocycles. The summed E-state index contributed by atoms with van der Waals surface area (Å²) in [6.45, 7) is 5.02. The number of thioether (sulfide) groups is 1. The molecule has 3 N–H and O–H groups in total. The molecule has 0 aliphatic heterocycles. The van der Waals surface area contributed by atoms with Gasteiger partial charge in [-0.25, -0.2) is 0 Å². The standard InChI is InChI=1S/C13H22N2S/c1-2-16-13-6-4-12(5-7-13)8-11-15-10-3-9-14/h4-7,15H,2-3,8-11,14H2,1H3. The molecule has 0 bridgehead atoms. The summed E-state index contributed by atoms with van der Waals surface area (Å²) < 4.78 is 0. The van der Waals surface area contributed by atoms with E-state index < -0.39 is 0 Å². The van der Waals surface area contributed by atoms with Crippen LogP contribution in [0.5, 0.6) is 0 Å². The van der Waals surface area contributed by atoms with Gasteiger partial charge < -0.3 is 11.1 Å². The van der Waals surface area contributed by atoms with Gasteiger partial charge in [0.1, 0.15) is 0 Å². The van der Waals surface area contributed by atoms with Crippen molar-refractivity contribution in [1.82, 2.24) is 5.32 Å². The predicted molar refractivity (Wildman–Crippen MR) is 73.1 cm³/mol. The Morgan fingerprint density at radius 2 is 1.94 bits per heavy atom. The van der Waals surface area contributed by atoms with E-state index in [4.69, 9.17) is 5.73 Å². The third kappa shape index (κ3) is 5.54. The first-order chi connectivity index (χ1) is 7.86. The highest BCUT2D eigenvalue weighted by Gasteiger charge is 1.94. The van der Waals surface area contributed by atoms with Gasteiger partial charge in [-0.3, -0.25) is 0 Å². The fourth-order valence-electron chi connectivity index (χ4n) is 1.50. The van der Waals surface area contributed by atoms with E-state index in [1.54, 1.807) is 0 Å². The van der Waals surface area contributed by atoms with Crippen LogP contribution in [0, 0.1) is 0 Å². The number of nitrogens with one attached hydrogen (secondary N) is 1. The summed E-state index contributed by atoms with van der Waals surface area (Å²) in [5.41, 5.74) is 6.83. The van der Waals surface area contributed by atoms with Crippen molar-refractivity contribution in [3.05, 3.63) is 29.8 Å². The van der Waals surface area contributed by atoms with Gasteiger partial charge in [-0.2, -0.15) is 0 Å². The SMILES string of the molecule is CCSc1ccc(CCNCCCN)cc1. The van der Waals surface area contributed by atoms with E-state index in [-0.39, 0.29) is 0 Å². The van der Waals surface area contributed by atoms with E-state index in [2.05, 4.69) is 36.5 Å². The van der Waals surface area contributed by atoms with Crippen LogP contribution in [0.15, 0.2) is 29.2 Å². The van der Waals surface area contributed by atoms with Crippen molar-refractivity contribution in [2.75, 3.05) is 25.4 Å². The topological polar surface area (TPSA) is 38.0 Å². The lowest BCUT2D eigenvalue weighted by molar-refractivity contribution is 0.653. The van der Waals surface area contributed by atoms with Crippen LogP contribution in [-0.2, 0) is 6.42 Å². The maximum absolute atomic E-state index is 5.42. The highest BCUT2D eigenvalue weighted by Crippen LogP contribution is 2.17. The molecule has 1 aromatic rings. The van der Waals surface area contributed by atoms with Crippen LogP contribution in [0.3, 0.4) is 0 Å². The summed E-state index contributed by atoms with van der Waals surface area (Å²) in [5.74, 6) is 1.14. The van der Waals surface area contributed by atoms with Gasteiger partial charge in [0.05, 0.1) is 0 Å². The minimum atomic E-state index is 0.774. The molecule has 0 aromatic heterocycles. The van der Waals surface area contributed by atoms with Gasteiger partial charge in [-0.15, -0.1) is 11.8 Å². The van der Waals surface area contributed by atoms with Crippen LogP contribution in [0.1, 0.15) is 18.9 Å². The van der Waals surface area contributed by atoms with Crippen LogP contribution < -0.4 is 11.1 Å². The Morgan fingerprint density at radius 1 is 1.19 bits per heavy atom. The number of nitrogens with two attached hydrogens (primary N) is 1. The Bertz CT molecular complexity index is 272. The van der Waals surface area contributed by atoms with Crippen LogP contribution in [0.25, 0.3) is 0 Å². The molecule has 0 aliphatic carbocycles. The van der Waals surface area contributed by atoms with Gasteiger partial charge in [-0.1, -0.05) is 19.1 Å². The van der Waals surface area contributed by atoms with E-state index in [1.165, 1.54) is 10.5 Å². The molecule has 3 heteroatoms. The average Bonchev–Trinajstić information content (AvgIpc) is 2.31. The molecule has 16 heavy (non-hydrogen) atoms. The molecule has 0 spiro atoms. The zero-order valence-corrected chi connectivity index (χ0v) is 10.9. The number of hydrogen-bond acceptors (Lipinski definition) is 3. The maximum atomic E-state index is 5.42. The summed E-state index contributed by atoms with van der Waals surface area (Å²) in [7, 11) is 0. The van der Waals surface area contributed by atoms with Crippen molar-refractivity contribution in [3.63, 3.8) is 0 Å². The number of hydrogen-bond donors (Lipinski definition) is 2. The Balaban J connectivity index is 2.21. The lowest BCUT2D eigenvalue weighted by Gasteiger charge is -2.05. The predicted octanol–water partition coefficient (Wildman–Crippen LogP) is 2.28. The molecule has 0 radical (unpaired) electrons. The average molecular weight is 238 g/mol. The Kier molecular flexibility index (Phi) is 7.30. The molecule has 90 valence electrons. The summed E-state index contributed by atoms with van der Waals surface area (Å²) in [5, 5.41) is 3.39. The molecule has 0 heterocycles. The third-order valence-electron chi connectivity index (χ3n) is 2.38. The van der Waals surface area contributed by atoms with Gasteiger partial charge in [0.15, 0.2) is 0 Å². The Labute approximate surface area is 103 Å². The zero-order valence-electron chi connectivity index (χ0n) is 10.0. The molecule has 0 amide bonds. The second kappa shape index (κ2) is 8.62. The van der Waals surface area contributed by atoms with Crippen LogP contribution in [0.2, 0.25) is 0 Å². The lowest BCUT2D eigenvalue weighted by atomic mass is 10.1. The highest BCUT2D eigenvalue weighted by molar-refractivity contribution is 7.99. The first-order valence-corrected chi connectivity index (χ1v) is 6.98. The molecule has 2 nitrogen and oxygen atoms in total. The van der Waals surface area contributed by atoms with Gasteiger partial charge in [0, 0.05) is 4.90 Å². The second-order valence-electron chi connectivity index (χ2n) is 3.72. The van der Waals surface area contributed by atoms with E-state index >= 15 is 0 Å². The quantitative estimate of drug-likeness (QED) is 0.539. The second-order valence-corrected chi connectivity index (χ2v) is 5.06. The van der Waals surface area contributed by atoms with E-state index in [0.717, 1.165) is 38.2 Å². The maximum Gasteiger partial charge on any atom is 0.00720 e. The Hall–Kier alpha value is -0.510. The van der Waals surface area contributed by atoms with E-state index in [9.17, 15) is 0 Å². The van der Waals surface area contributed by atoms with Crippen molar-refractivity contribution >= 4 is 11.8 Å². The molecular weight excluding hydrogens is 216 g/mol. The van der Waals surface area contributed by atoms with Gasteiger partial charge in [0.25, 0.3) is 0 Å². The first kappa shape index (κ1) is 13.6. The highest BCUT2D eigenvalue weighted by atomic mass is 32.2. The zero-order chi connectivity index (χ0) is 11.6. The number of rotatable bonds is 8. The molecular formula is C13H22N2S. The molecule has 0 atom stereocenters. The summed E-state index contributed by atoms with van der Waals surface area (Å²) in [6, 6.07) is 8.87. The van der Waals surface area contributed by atoms with Crippen molar-refractivity contribution in [3.8, 4) is 0 Å². The fourth-order valence-corrected chi connectivity index (χ4v) is 2.17. The Morgan fingerprint density at radius 3 is 2.56 bits per heavy atom. The molecule has 0 aliphatic rings. The van der Waals surface area contributed by atoms with Crippen molar-refractivity contribution in [2.24, 2.45) is 5.73 Å². The smallest absolute Gasteiger partial charge is 0.00720 e. The summed E-state index contributed by atoms with van der Waals surface area (Å²) in [6.07, 6.45) is 2.16. The lowest BCUT2D eigenvalue weighted by Crippen LogP contribution is -2.20. The fraction of sp³-hybridized carbons (Fsp3) is 0.538. The van der Waals surface area contributed by atoms with Crippen LogP contribution >= 0.6 is 11.8 Å². The third-order valence-corrected chi connectivity index (χ3v) is 3.28. The molecule has 0 unspecified atom stereocenters. The van der Waals surface area contributed by atoms with E-state index in [0.29, 0.717) is 0 Å². The van der Waals surface area contributed by atoms with Crippen molar-refractivity contribution in [2.45, 2.75) is 24.7 Å². The van der Waals surface area contributed by atoms with Gasteiger partial charge in [-0.05, 0) is 55.9 Å². The normalized spacial score (nSPS) is 10.6. The van der Waals surface area contributed by atoms with Gasteiger partial charge >= 0.3 is 0 Å². The minimum absolute atomic E-state index is 0.774. The van der Waals surface area contributed by atoms with Crippen molar-refractivity contribution in [1.29, 1.82) is 0 Å². The molecule has 1 rings (SSSR count).